The number of esters is 1. The molecule has 1 aromatic heterocycles. The van der Waals surface area contributed by atoms with Gasteiger partial charge >= 0.3 is 12.1 Å². The molecule has 106 valence electrons. The van der Waals surface area contributed by atoms with Crippen LogP contribution in [-0.2, 0) is 10.9 Å². The maximum Gasteiger partial charge on any atom is 0.420 e. The Morgan fingerprint density at radius 3 is 2.47 bits per heavy atom. The van der Waals surface area contributed by atoms with E-state index in [2.05, 4.69) is 9.72 Å². The molecule has 0 saturated carbocycles. The Kier molecular flexibility index (Phi) is 4.28. The lowest BCUT2D eigenvalue weighted by Gasteiger charge is -2.13. The van der Waals surface area contributed by atoms with Crippen LogP contribution in [0.15, 0.2) is 6.07 Å². The fourth-order valence-corrected chi connectivity index (χ4v) is 1.23. The van der Waals surface area contributed by atoms with Gasteiger partial charge in [0.2, 0.25) is 0 Å². The zero-order valence-electron chi connectivity index (χ0n) is 9.46. The number of alkyl halides is 5. The quantitative estimate of drug-likeness (QED) is 0.685. The minimum absolute atomic E-state index is 0.0112. The monoisotopic (exact) mass is 285 g/mol. The van der Waals surface area contributed by atoms with Crippen LogP contribution >= 0.6 is 0 Å². The van der Waals surface area contributed by atoms with E-state index in [1.807, 2.05) is 0 Å². The van der Waals surface area contributed by atoms with Crippen LogP contribution in [0.25, 0.3) is 0 Å². The van der Waals surface area contributed by atoms with Crippen molar-refractivity contribution < 1.29 is 36.6 Å². The lowest BCUT2D eigenvalue weighted by Crippen LogP contribution is -2.14. The number of hydrogen-bond donors (Lipinski definition) is 1. The average Bonchev–Trinajstić information content (AvgIpc) is 2.27. The summed E-state index contributed by atoms with van der Waals surface area (Å²) in [5, 5.41) is 9.30. The van der Waals surface area contributed by atoms with Gasteiger partial charge in [-0.3, -0.25) is 0 Å². The summed E-state index contributed by atoms with van der Waals surface area (Å²) < 4.78 is 66.8. The Hall–Kier alpha value is -1.93. The van der Waals surface area contributed by atoms with Crippen LogP contribution in [0.3, 0.4) is 0 Å². The van der Waals surface area contributed by atoms with Crippen LogP contribution in [0.5, 0.6) is 5.75 Å². The fourth-order valence-electron chi connectivity index (χ4n) is 1.23. The summed E-state index contributed by atoms with van der Waals surface area (Å²) in [6, 6.07) is -0.0112. The van der Waals surface area contributed by atoms with Crippen LogP contribution in [-0.4, -0.2) is 22.7 Å². The second-order valence-electron chi connectivity index (χ2n) is 3.31. The van der Waals surface area contributed by atoms with Crippen molar-refractivity contribution in [1.82, 2.24) is 4.98 Å². The maximum atomic E-state index is 12.5. The van der Waals surface area contributed by atoms with Crippen molar-refractivity contribution in [2.24, 2.45) is 0 Å². The van der Waals surface area contributed by atoms with Crippen LogP contribution in [0, 0.1) is 0 Å². The molecule has 1 aromatic rings. The first-order valence-electron chi connectivity index (χ1n) is 4.94. The Balaban J connectivity index is 3.46. The molecule has 0 saturated heterocycles. The summed E-state index contributed by atoms with van der Waals surface area (Å²) in [6.45, 7) is 1.15. The van der Waals surface area contributed by atoms with Crippen molar-refractivity contribution in [1.29, 1.82) is 0 Å². The number of ether oxygens (including phenoxy) is 1. The molecule has 1 heterocycles. The molecule has 0 atom stereocenters. The normalized spacial score (nSPS) is 11.7. The lowest BCUT2D eigenvalue weighted by atomic mass is 10.1. The number of hydrogen-bond acceptors (Lipinski definition) is 4. The number of rotatable bonds is 3. The summed E-state index contributed by atoms with van der Waals surface area (Å²) in [7, 11) is 0. The van der Waals surface area contributed by atoms with E-state index < -0.39 is 41.3 Å². The largest absolute Gasteiger partial charge is 0.505 e. The number of aromatic nitrogens is 1. The van der Waals surface area contributed by atoms with Gasteiger partial charge in [-0.2, -0.15) is 13.2 Å². The minimum Gasteiger partial charge on any atom is -0.505 e. The number of nitrogens with zero attached hydrogens (tertiary/aromatic N) is 1. The molecule has 0 spiro atoms. The summed E-state index contributed by atoms with van der Waals surface area (Å²) in [6.07, 6.45) is -8.42. The van der Waals surface area contributed by atoms with E-state index in [0.717, 1.165) is 0 Å². The highest BCUT2D eigenvalue weighted by molar-refractivity contribution is 5.90. The van der Waals surface area contributed by atoms with Gasteiger partial charge in [0.05, 0.1) is 6.61 Å². The van der Waals surface area contributed by atoms with E-state index in [9.17, 15) is 31.9 Å². The Bertz CT molecular complexity index is 487. The molecule has 4 nitrogen and oxygen atoms in total. The van der Waals surface area contributed by atoms with Crippen molar-refractivity contribution in [2.75, 3.05) is 6.61 Å². The van der Waals surface area contributed by atoms with Gasteiger partial charge in [0.25, 0.3) is 6.43 Å². The first kappa shape index (κ1) is 15.1. The highest BCUT2D eigenvalue weighted by Crippen LogP contribution is 2.38. The number of halogens is 5. The minimum atomic E-state index is -5.10. The van der Waals surface area contributed by atoms with Gasteiger partial charge in [-0.25, -0.2) is 18.6 Å². The molecule has 0 amide bonds. The van der Waals surface area contributed by atoms with E-state index in [0.29, 0.717) is 0 Å². The number of aromatic hydroxyl groups is 1. The summed E-state index contributed by atoms with van der Waals surface area (Å²) in [5.41, 5.74) is -4.22. The number of pyridine rings is 1. The highest BCUT2D eigenvalue weighted by atomic mass is 19.4. The van der Waals surface area contributed by atoms with Gasteiger partial charge in [0, 0.05) is 0 Å². The van der Waals surface area contributed by atoms with Gasteiger partial charge in [0.1, 0.15) is 11.3 Å². The first-order valence-corrected chi connectivity index (χ1v) is 4.94. The molecule has 0 radical (unpaired) electrons. The van der Waals surface area contributed by atoms with Crippen LogP contribution in [0.4, 0.5) is 22.0 Å². The lowest BCUT2D eigenvalue weighted by molar-refractivity contribution is -0.139. The number of carbonyl (C=O) groups excluding carboxylic acids is 1. The van der Waals surface area contributed by atoms with Crippen LogP contribution in [0.1, 0.15) is 35.1 Å². The zero-order chi connectivity index (χ0) is 14.8. The molecule has 0 aliphatic carbocycles. The van der Waals surface area contributed by atoms with E-state index in [1.54, 1.807) is 0 Å². The molecular formula is C10H8F5NO3. The Morgan fingerprint density at radius 2 is 2.05 bits per heavy atom. The SMILES string of the molecule is CCOC(=O)c1nc(C(F)F)cc(C(F)(F)F)c1O. The van der Waals surface area contributed by atoms with Crippen molar-refractivity contribution >= 4 is 5.97 Å². The molecule has 9 heteroatoms. The summed E-state index contributed by atoms with van der Waals surface area (Å²) in [5.74, 6) is -2.94. The third-order valence-electron chi connectivity index (χ3n) is 2.01. The van der Waals surface area contributed by atoms with E-state index in [1.165, 1.54) is 6.92 Å². The molecule has 0 unspecified atom stereocenters. The maximum absolute atomic E-state index is 12.5. The average molecular weight is 285 g/mol. The summed E-state index contributed by atoms with van der Waals surface area (Å²) >= 11 is 0. The van der Waals surface area contributed by atoms with Crippen LogP contribution in [0.2, 0.25) is 0 Å². The molecular weight excluding hydrogens is 277 g/mol. The molecule has 1 rings (SSSR count). The predicted octanol–water partition coefficient (Wildman–Crippen LogP) is 2.92. The molecule has 19 heavy (non-hydrogen) atoms. The molecule has 0 aliphatic rings. The standard InChI is InChI=1S/C10H8F5NO3/c1-2-19-9(18)6-7(17)4(10(13,14)15)3-5(16-6)8(11)12/h3,8,17H,2H2,1H3. The van der Waals surface area contributed by atoms with E-state index in [4.69, 9.17) is 0 Å². The van der Waals surface area contributed by atoms with Gasteiger partial charge in [-0.1, -0.05) is 0 Å². The van der Waals surface area contributed by atoms with E-state index >= 15 is 0 Å². The van der Waals surface area contributed by atoms with Crippen molar-refractivity contribution in [2.45, 2.75) is 19.5 Å². The smallest absolute Gasteiger partial charge is 0.420 e. The van der Waals surface area contributed by atoms with Gasteiger partial charge in [-0.15, -0.1) is 0 Å². The second-order valence-corrected chi connectivity index (χ2v) is 3.31. The molecule has 0 aromatic carbocycles. The summed E-state index contributed by atoms with van der Waals surface area (Å²) in [4.78, 5) is 14.3. The van der Waals surface area contributed by atoms with Crippen molar-refractivity contribution in [3.8, 4) is 5.75 Å². The molecule has 0 fully saturated rings. The fraction of sp³-hybridized carbons (Fsp3) is 0.400. The third kappa shape index (κ3) is 3.30. The van der Waals surface area contributed by atoms with Gasteiger partial charge in [-0.05, 0) is 13.0 Å². The molecule has 0 bridgehead atoms. The highest BCUT2D eigenvalue weighted by Gasteiger charge is 2.38. The van der Waals surface area contributed by atoms with E-state index in [-0.39, 0.29) is 12.7 Å². The van der Waals surface area contributed by atoms with Crippen molar-refractivity contribution in [3.05, 3.63) is 23.0 Å². The predicted molar refractivity (Wildman–Crippen MR) is 51.8 cm³/mol. The first-order chi connectivity index (χ1) is 8.68. The molecule has 1 N–H and O–H groups in total. The molecule has 0 aliphatic heterocycles. The van der Waals surface area contributed by atoms with Crippen LogP contribution < -0.4 is 0 Å². The van der Waals surface area contributed by atoms with Crippen molar-refractivity contribution in [3.63, 3.8) is 0 Å². The topological polar surface area (TPSA) is 59.4 Å². The van der Waals surface area contributed by atoms with Gasteiger partial charge < -0.3 is 9.84 Å². The number of carbonyl (C=O) groups is 1. The Morgan fingerprint density at radius 1 is 1.47 bits per heavy atom. The van der Waals surface area contributed by atoms with Gasteiger partial charge in [0.15, 0.2) is 11.4 Å². The zero-order valence-corrected chi connectivity index (χ0v) is 9.46. The Labute approximate surface area is 103 Å². The second kappa shape index (κ2) is 5.37. The third-order valence-corrected chi connectivity index (χ3v) is 2.01.